The minimum Gasteiger partial charge on any atom is -0.300 e. The summed E-state index contributed by atoms with van der Waals surface area (Å²) in [6.07, 6.45) is -0.363. The summed E-state index contributed by atoms with van der Waals surface area (Å²) in [6.45, 7) is 1.80. The molecule has 1 unspecified atom stereocenters. The summed E-state index contributed by atoms with van der Waals surface area (Å²) in [7, 11) is -2.81. The second kappa shape index (κ2) is 5.71. The first kappa shape index (κ1) is 17.3. The van der Waals surface area contributed by atoms with Crippen LogP contribution in [-0.4, -0.2) is 44.0 Å². The lowest BCUT2D eigenvalue weighted by Gasteiger charge is -2.38. The molecule has 0 N–H and O–H groups in total. The molecule has 1 aromatic rings. The Morgan fingerprint density at radius 2 is 1.76 bits per heavy atom. The average molecular weight is 373 g/mol. The van der Waals surface area contributed by atoms with Crippen LogP contribution in [0.2, 0.25) is 0 Å². The van der Waals surface area contributed by atoms with Gasteiger partial charge < -0.3 is 0 Å². The molecule has 0 radical (unpaired) electrons. The van der Waals surface area contributed by atoms with E-state index in [1.54, 1.807) is 12.1 Å². The topological polar surface area (TPSA) is 37.4 Å². The molecule has 7 heteroatoms. The molecule has 0 amide bonds. The summed E-state index contributed by atoms with van der Waals surface area (Å²) in [5, 5.41) is 0. The zero-order valence-electron chi connectivity index (χ0n) is 13.9. The molecule has 4 rings (SSSR count). The number of nitrogens with zero attached hydrogens (tertiary/aromatic N) is 1. The first-order valence-corrected chi connectivity index (χ1v) is 10.6. The van der Waals surface area contributed by atoms with Crippen molar-refractivity contribution in [1.82, 2.24) is 4.90 Å². The lowest BCUT2D eigenvalue weighted by atomic mass is 9.91. The van der Waals surface area contributed by atoms with Gasteiger partial charge in [0.1, 0.15) is 0 Å². The van der Waals surface area contributed by atoms with E-state index in [-0.39, 0.29) is 5.41 Å². The number of sulfone groups is 1. The summed E-state index contributed by atoms with van der Waals surface area (Å²) in [5.41, 5.74) is 0.361. The predicted molar refractivity (Wildman–Crippen MR) is 89.1 cm³/mol. The van der Waals surface area contributed by atoms with Crippen LogP contribution in [0.4, 0.5) is 13.2 Å². The largest absolute Gasteiger partial charge is 0.416 e. The highest BCUT2D eigenvalue weighted by Crippen LogP contribution is 2.45. The third-order valence-electron chi connectivity index (χ3n) is 6.15. The van der Waals surface area contributed by atoms with Crippen LogP contribution in [0.15, 0.2) is 24.3 Å². The van der Waals surface area contributed by atoms with Crippen molar-refractivity contribution in [3.8, 4) is 0 Å². The Balaban J connectivity index is 1.37. The predicted octanol–water partition coefficient (Wildman–Crippen LogP) is 3.46. The molecule has 3 aliphatic rings. The van der Waals surface area contributed by atoms with E-state index in [9.17, 15) is 21.6 Å². The monoisotopic (exact) mass is 373 g/mol. The number of alkyl halides is 3. The zero-order chi connectivity index (χ0) is 17.9. The van der Waals surface area contributed by atoms with E-state index in [4.69, 9.17) is 0 Å². The molecule has 1 aliphatic carbocycles. The van der Waals surface area contributed by atoms with Crippen LogP contribution in [0.1, 0.15) is 42.7 Å². The van der Waals surface area contributed by atoms with Crippen molar-refractivity contribution in [1.29, 1.82) is 0 Å². The zero-order valence-corrected chi connectivity index (χ0v) is 14.7. The lowest BCUT2D eigenvalue weighted by Crippen LogP contribution is -2.50. The van der Waals surface area contributed by atoms with Crippen molar-refractivity contribution < 1.29 is 21.6 Å². The molecule has 2 saturated heterocycles. The molecule has 1 aromatic carbocycles. The quantitative estimate of drug-likeness (QED) is 0.797. The van der Waals surface area contributed by atoms with Crippen LogP contribution < -0.4 is 0 Å². The van der Waals surface area contributed by atoms with Crippen LogP contribution in [-0.2, 0) is 16.0 Å². The fraction of sp³-hybridized carbons (Fsp3) is 0.667. The van der Waals surface area contributed by atoms with Crippen LogP contribution in [0.5, 0.6) is 0 Å². The minimum absolute atomic E-state index is 0.0225. The Kier molecular flexibility index (Phi) is 3.96. The third-order valence-corrected chi connectivity index (χ3v) is 8.26. The number of halogens is 3. The molecule has 3 nitrogen and oxygen atoms in total. The van der Waals surface area contributed by atoms with E-state index in [1.807, 2.05) is 0 Å². The first-order valence-electron chi connectivity index (χ1n) is 8.78. The van der Waals surface area contributed by atoms with Gasteiger partial charge in [-0.1, -0.05) is 12.1 Å². The van der Waals surface area contributed by atoms with E-state index in [1.165, 1.54) is 12.1 Å². The van der Waals surface area contributed by atoms with Gasteiger partial charge in [0, 0.05) is 18.0 Å². The maximum atomic E-state index is 12.7. The van der Waals surface area contributed by atoms with Gasteiger partial charge in [0.15, 0.2) is 9.84 Å². The van der Waals surface area contributed by atoms with Gasteiger partial charge in [0.2, 0.25) is 0 Å². The maximum absolute atomic E-state index is 12.7. The summed E-state index contributed by atoms with van der Waals surface area (Å²) in [4.78, 5) is 2.42. The SMILES string of the molecule is O=S1(=O)CC2(CCN(C3CC[C@H](c4ccc(C(F)(F)F)cc4)C3)C2)C1. The van der Waals surface area contributed by atoms with E-state index in [2.05, 4.69) is 4.90 Å². The Morgan fingerprint density at radius 1 is 1.08 bits per heavy atom. The van der Waals surface area contributed by atoms with E-state index in [0.717, 1.165) is 44.3 Å². The second-order valence-corrected chi connectivity index (χ2v) is 10.1. The van der Waals surface area contributed by atoms with Crippen LogP contribution in [0.25, 0.3) is 0 Å². The number of rotatable bonds is 2. The molecule has 0 bridgehead atoms. The fourth-order valence-corrected chi connectivity index (χ4v) is 7.20. The van der Waals surface area contributed by atoms with Crippen LogP contribution in [0, 0.1) is 5.41 Å². The molecule has 2 aliphatic heterocycles. The highest BCUT2D eigenvalue weighted by molar-refractivity contribution is 7.92. The summed E-state index contributed by atoms with van der Waals surface area (Å²) in [5.74, 6) is 0.950. The molecule has 1 spiro atoms. The smallest absolute Gasteiger partial charge is 0.300 e. The van der Waals surface area contributed by atoms with E-state index >= 15 is 0 Å². The van der Waals surface area contributed by atoms with Crippen LogP contribution >= 0.6 is 0 Å². The second-order valence-electron chi connectivity index (χ2n) is 8.04. The van der Waals surface area contributed by atoms with Crippen molar-refractivity contribution >= 4 is 9.84 Å². The highest BCUT2D eigenvalue weighted by atomic mass is 32.2. The molecule has 1 saturated carbocycles. The van der Waals surface area contributed by atoms with E-state index in [0.29, 0.717) is 23.5 Å². The van der Waals surface area contributed by atoms with Crippen molar-refractivity contribution in [3.05, 3.63) is 35.4 Å². The van der Waals surface area contributed by atoms with Gasteiger partial charge in [-0.25, -0.2) is 8.42 Å². The number of likely N-dealkylation sites (tertiary alicyclic amines) is 1. The molecule has 2 atom stereocenters. The average Bonchev–Trinajstić information content (AvgIpc) is 3.12. The maximum Gasteiger partial charge on any atom is 0.416 e. The van der Waals surface area contributed by atoms with E-state index < -0.39 is 21.6 Å². The van der Waals surface area contributed by atoms with Gasteiger partial charge in [-0.3, -0.25) is 4.90 Å². The number of hydrogen-bond donors (Lipinski definition) is 0. The standard InChI is InChI=1S/C18H22F3NO2S/c19-18(20,21)15-4-1-13(2-5-15)14-3-6-16(9-14)22-8-7-17(10-22)11-25(23,24)12-17/h1-2,4-5,14,16H,3,6-12H2/t14-,16?/m0/s1. The van der Waals surface area contributed by atoms with Gasteiger partial charge in [0.05, 0.1) is 17.1 Å². The number of benzene rings is 1. The lowest BCUT2D eigenvalue weighted by molar-refractivity contribution is -0.137. The van der Waals surface area contributed by atoms with Crippen molar-refractivity contribution in [3.63, 3.8) is 0 Å². The fourth-order valence-electron chi connectivity index (χ4n) is 4.94. The normalized spacial score (nSPS) is 31.3. The summed E-state index contributed by atoms with van der Waals surface area (Å²) < 4.78 is 61.1. The number of hydrogen-bond acceptors (Lipinski definition) is 3. The Morgan fingerprint density at radius 3 is 2.36 bits per heavy atom. The Labute approximate surface area is 146 Å². The summed E-state index contributed by atoms with van der Waals surface area (Å²) in [6, 6.07) is 5.99. The van der Waals surface area contributed by atoms with Gasteiger partial charge in [-0.2, -0.15) is 13.2 Å². The first-order chi connectivity index (χ1) is 11.7. The molecular weight excluding hydrogens is 351 g/mol. The third kappa shape index (κ3) is 3.33. The molecule has 138 valence electrons. The highest BCUT2D eigenvalue weighted by Gasteiger charge is 2.53. The molecule has 3 fully saturated rings. The van der Waals surface area contributed by atoms with Crippen molar-refractivity contribution in [2.45, 2.75) is 43.8 Å². The molecule has 2 heterocycles. The van der Waals surface area contributed by atoms with Crippen molar-refractivity contribution in [2.24, 2.45) is 5.41 Å². The van der Waals surface area contributed by atoms with Gasteiger partial charge in [-0.05, 0) is 55.8 Å². The Bertz CT molecular complexity index is 746. The molecule has 25 heavy (non-hydrogen) atoms. The van der Waals surface area contributed by atoms with Crippen LogP contribution in [0.3, 0.4) is 0 Å². The van der Waals surface area contributed by atoms with Crippen molar-refractivity contribution in [2.75, 3.05) is 24.6 Å². The molecule has 0 aromatic heterocycles. The Hall–Kier alpha value is -1.08. The van der Waals surface area contributed by atoms with Gasteiger partial charge >= 0.3 is 6.18 Å². The molecular formula is C18H22F3NO2S. The van der Waals surface area contributed by atoms with Gasteiger partial charge in [-0.15, -0.1) is 0 Å². The summed E-state index contributed by atoms with van der Waals surface area (Å²) >= 11 is 0. The van der Waals surface area contributed by atoms with Gasteiger partial charge in [0.25, 0.3) is 0 Å². The minimum atomic E-state index is -4.29.